The van der Waals surface area contributed by atoms with Crippen LogP contribution in [0.15, 0.2) is 30.9 Å². The van der Waals surface area contributed by atoms with Gasteiger partial charge in [-0.1, -0.05) is 17.3 Å². The molecule has 0 radical (unpaired) electrons. The van der Waals surface area contributed by atoms with Crippen molar-refractivity contribution in [3.63, 3.8) is 0 Å². The van der Waals surface area contributed by atoms with Crippen LogP contribution in [0.2, 0.25) is 0 Å². The standard InChI is InChI=1S/C22H25FN8O11P2.CO2/c1-9-3-2-4-10-14(9)28-29-31(10)22-18-16(32)11(39-22)5-37-43(33,34)41-17-12(6-38-44(35,36)42-18)40-21(13(17)23)30-8-27-15-19(24)25-7-26-20(15)30;2-1-3/h2-4,7-8,11-13,16-18,21-22,32H,5-6H2,1H3,(H,33,34)(H,35,36)(H2,24,25,26);/t11-,12-,13-,16-,17-,18-,21-,22-;/m1./s1. The van der Waals surface area contributed by atoms with E-state index in [2.05, 4.69) is 25.3 Å². The number of nitrogens with two attached hydrogens (primary N) is 1. The molecule has 3 fully saturated rings. The number of benzene rings is 1. The maximum Gasteiger partial charge on any atom is 0.472 e. The van der Waals surface area contributed by atoms with E-state index in [1.54, 1.807) is 25.1 Å². The number of phosphoric ester groups is 2. The van der Waals surface area contributed by atoms with E-state index in [0.29, 0.717) is 11.0 Å². The van der Waals surface area contributed by atoms with Crippen molar-refractivity contribution in [2.75, 3.05) is 18.9 Å². The van der Waals surface area contributed by atoms with Gasteiger partial charge in [-0.3, -0.25) is 22.7 Å². The highest BCUT2D eigenvalue weighted by molar-refractivity contribution is 7.47. The number of anilines is 1. The third-order valence-electron chi connectivity index (χ3n) is 7.50. The van der Waals surface area contributed by atoms with Gasteiger partial charge >= 0.3 is 21.8 Å². The zero-order valence-electron chi connectivity index (χ0n) is 23.8. The van der Waals surface area contributed by atoms with Crippen LogP contribution in [0.4, 0.5) is 10.2 Å². The van der Waals surface area contributed by atoms with Gasteiger partial charge in [0.15, 0.2) is 30.1 Å². The highest BCUT2D eigenvalue weighted by Crippen LogP contribution is 2.54. The number of fused-ring (bicyclic) bond motifs is 5. The normalized spacial score (nSPS) is 36.0. The van der Waals surface area contributed by atoms with Crippen molar-refractivity contribution in [2.24, 2.45) is 0 Å². The van der Waals surface area contributed by atoms with Crippen molar-refractivity contribution in [1.82, 2.24) is 34.5 Å². The number of imidazole rings is 1. The predicted octanol–water partition coefficient (Wildman–Crippen LogP) is 0.0901. The van der Waals surface area contributed by atoms with Gasteiger partial charge in [0.25, 0.3) is 0 Å². The Morgan fingerprint density at radius 1 is 0.979 bits per heavy atom. The van der Waals surface area contributed by atoms with Gasteiger partial charge in [0.1, 0.15) is 47.9 Å². The van der Waals surface area contributed by atoms with E-state index in [1.165, 1.54) is 11.0 Å². The molecule has 2 unspecified atom stereocenters. The molecule has 47 heavy (non-hydrogen) atoms. The minimum Gasteiger partial charge on any atom is -0.387 e. The molecule has 3 aromatic heterocycles. The largest absolute Gasteiger partial charge is 0.472 e. The molecule has 2 bridgehead atoms. The van der Waals surface area contributed by atoms with Gasteiger partial charge in [-0.25, -0.2) is 33.2 Å². The maximum atomic E-state index is 15.9. The van der Waals surface area contributed by atoms with Crippen LogP contribution >= 0.6 is 15.6 Å². The van der Waals surface area contributed by atoms with Crippen LogP contribution in [-0.4, -0.2) is 105 Å². The summed E-state index contributed by atoms with van der Waals surface area (Å²) < 4.78 is 76.8. The second kappa shape index (κ2) is 12.8. The van der Waals surface area contributed by atoms with Crippen LogP contribution in [0.25, 0.3) is 22.2 Å². The number of aliphatic hydroxyl groups excluding tert-OH is 1. The molecule has 3 saturated heterocycles. The fraction of sp³-hybridized carbons (Fsp3) is 0.478. The Labute approximate surface area is 261 Å². The third kappa shape index (κ3) is 6.34. The fourth-order valence-corrected chi connectivity index (χ4v) is 7.28. The lowest BCUT2D eigenvalue weighted by molar-refractivity contribution is -0.191. The van der Waals surface area contributed by atoms with Gasteiger partial charge in [0, 0.05) is 0 Å². The van der Waals surface area contributed by atoms with E-state index in [-0.39, 0.29) is 23.1 Å². The minimum absolute atomic E-state index is 0.0160. The molecule has 0 spiro atoms. The second-order valence-electron chi connectivity index (χ2n) is 10.4. The number of ether oxygens (including phenoxy) is 2. The van der Waals surface area contributed by atoms with E-state index in [9.17, 15) is 24.0 Å². The zero-order valence-corrected chi connectivity index (χ0v) is 25.6. The molecular formula is C23H25FN8O13P2. The number of halogens is 1. The lowest BCUT2D eigenvalue weighted by atomic mass is 10.1. The van der Waals surface area contributed by atoms with Gasteiger partial charge in [-0.2, -0.15) is 9.59 Å². The Hall–Kier alpha value is -3.62. The monoisotopic (exact) mass is 702 g/mol. The summed E-state index contributed by atoms with van der Waals surface area (Å²) in [6.45, 7) is 0.170. The molecule has 252 valence electrons. The van der Waals surface area contributed by atoms with Gasteiger partial charge in [-0.15, -0.1) is 5.10 Å². The summed E-state index contributed by atoms with van der Waals surface area (Å²) in [5.41, 5.74) is 7.76. The molecule has 21 nitrogen and oxygen atoms in total. The minimum atomic E-state index is -5.08. The first kappa shape index (κ1) is 33.3. The average Bonchev–Trinajstić information content (AvgIpc) is 3.77. The first-order chi connectivity index (χ1) is 22.3. The molecule has 3 aliphatic heterocycles. The van der Waals surface area contributed by atoms with Crippen molar-refractivity contribution in [3.8, 4) is 0 Å². The summed E-state index contributed by atoms with van der Waals surface area (Å²) in [6.07, 6.45) is -10.6. The number of carbonyl (C=O) groups excluding carboxylic acids is 2. The number of aliphatic hydroxyl groups is 1. The summed E-state index contributed by atoms with van der Waals surface area (Å²) in [5, 5.41) is 19.2. The highest BCUT2D eigenvalue weighted by atomic mass is 31.2. The average molecular weight is 702 g/mol. The summed E-state index contributed by atoms with van der Waals surface area (Å²) in [6, 6.07) is 5.18. The predicted molar refractivity (Wildman–Crippen MR) is 147 cm³/mol. The van der Waals surface area contributed by atoms with Gasteiger partial charge in [0.05, 0.1) is 25.1 Å². The molecule has 24 heteroatoms. The van der Waals surface area contributed by atoms with E-state index < -0.39 is 78.0 Å². The van der Waals surface area contributed by atoms with E-state index >= 15 is 4.39 Å². The Morgan fingerprint density at radius 2 is 1.64 bits per heavy atom. The smallest absolute Gasteiger partial charge is 0.387 e. The second-order valence-corrected chi connectivity index (χ2v) is 13.2. The zero-order chi connectivity index (χ0) is 33.7. The molecule has 4 aromatic rings. The first-order valence-corrected chi connectivity index (χ1v) is 16.5. The Morgan fingerprint density at radius 3 is 2.36 bits per heavy atom. The molecule has 7 rings (SSSR count). The van der Waals surface area contributed by atoms with Crippen molar-refractivity contribution in [1.29, 1.82) is 0 Å². The number of nitrogen functional groups attached to an aromatic ring is 1. The van der Waals surface area contributed by atoms with Gasteiger partial charge < -0.3 is 30.1 Å². The summed E-state index contributed by atoms with van der Waals surface area (Å²) in [4.78, 5) is 49.4. The number of hydrogen-bond donors (Lipinski definition) is 4. The van der Waals surface area contributed by atoms with Crippen LogP contribution < -0.4 is 5.73 Å². The summed E-state index contributed by atoms with van der Waals surface area (Å²) >= 11 is 0. The highest BCUT2D eigenvalue weighted by Gasteiger charge is 2.54. The molecule has 3 aliphatic rings. The van der Waals surface area contributed by atoms with Crippen LogP contribution in [0.5, 0.6) is 0 Å². The van der Waals surface area contributed by atoms with Crippen LogP contribution in [-0.2, 0) is 46.3 Å². The van der Waals surface area contributed by atoms with Crippen molar-refractivity contribution in [3.05, 3.63) is 36.4 Å². The molecule has 5 N–H and O–H groups in total. The Bertz CT molecular complexity index is 1920. The molecule has 1 aromatic carbocycles. The number of rotatable bonds is 2. The fourth-order valence-electron chi connectivity index (χ4n) is 5.39. The Balaban J connectivity index is 0.00000124. The van der Waals surface area contributed by atoms with Crippen LogP contribution in [0, 0.1) is 6.92 Å². The SMILES string of the molecule is Cc1cccc2c1nnn2[C@@H]1O[C@@H]2COP(=O)(O)O[C@H]3[C@@H](F)[C@H](n4cnc5c(N)ncnc54)O[C@@H]3COP(=O)(O)O[C@@H]1[C@@H]2O.O=C=O. The number of aryl methyl sites for hydroxylation is 1. The lowest BCUT2D eigenvalue weighted by Crippen LogP contribution is -2.35. The van der Waals surface area contributed by atoms with Crippen molar-refractivity contribution >= 4 is 49.8 Å². The number of alkyl halides is 1. The van der Waals surface area contributed by atoms with Crippen LogP contribution in [0.1, 0.15) is 18.0 Å². The molecule has 0 aliphatic carbocycles. The number of phosphoric acid groups is 2. The van der Waals surface area contributed by atoms with E-state index in [1.807, 2.05) is 0 Å². The van der Waals surface area contributed by atoms with Gasteiger partial charge in [0.2, 0.25) is 0 Å². The molecule has 10 atom stereocenters. The van der Waals surface area contributed by atoms with E-state index in [0.717, 1.165) is 16.5 Å². The molecule has 6 heterocycles. The topological polar surface area (TPSA) is 285 Å². The quantitative estimate of drug-likeness (QED) is 0.201. The summed E-state index contributed by atoms with van der Waals surface area (Å²) in [7, 11) is -10.1. The van der Waals surface area contributed by atoms with Crippen LogP contribution in [0.3, 0.4) is 0 Å². The number of nitrogens with zero attached hydrogens (tertiary/aromatic N) is 7. The lowest BCUT2D eigenvalue weighted by Gasteiger charge is -2.25. The summed E-state index contributed by atoms with van der Waals surface area (Å²) in [5.74, 6) is 0.0160. The van der Waals surface area contributed by atoms with E-state index in [4.69, 9.17) is 42.9 Å². The van der Waals surface area contributed by atoms with Crippen molar-refractivity contribution in [2.45, 2.75) is 56.1 Å². The van der Waals surface area contributed by atoms with Gasteiger partial charge in [-0.05, 0) is 18.6 Å². The third-order valence-corrected chi connectivity index (χ3v) is 9.47. The molecule has 0 saturated carbocycles. The maximum absolute atomic E-state index is 15.9. The number of aromatic nitrogens is 7. The van der Waals surface area contributed by atoms with Crippen molar-refractivity contribution < 1.29 is 65.6 Å². The number of hydrogen-bond acceptors (Lipinski definition) is 17. The first-order valence-electron chi connectivity index (χ1n) is 13.5. The molecular weight excluding hydrogens is 677 g/mol. The Kier molecular flexibility index (Phi) is 9.05. The molecule has 0 amide bonds.